The van der Waals surface area contributed by atoms with Gasteiger partial charge in [0.1, 0.15) is 29.3 Å². The van der Waals surface area contributed by atoms with Gasteiger partial charge in [-0.3, -0.25) is 4.79 Å². The highest BCUT2D eigenvalue weighted by molar-refractivity contribution is 5.98. The molecule has 1 aliphatic rings. The van der Waals surface area contributed by atoms with E-state index in [4.69, 9.17) is 15.6 Å². The molecule has 0 unspecified atom stereocenters. The quantitative estimate of drug-likeness (QED) is 0.390. The zero-order valence-electron chi connectivity index (χ0n) is 21.0. The minimum absolute atomic E-state index is 0.0154. The number of ether oxygens (including phenoxy) is 1. The van der Waals surface area contributed by atoms with Crippen molar-refractivity contribution in [2.45, 2.75) is 46.1 Å². The first-order chi connectivity index (χ1) is 17.4. The summed E-state index contributed by atoms with van der Waals surface area (Å²) in [6.07, 6.45) is 4.11. The second kappa shape index (κ2) is 9.60. The smallest absolute Gasteiger partial charge is 0.228 e. The molecule has 0 aliphatic carbocycles. The lowest BCUT2D eigenvalue weighted by molar-refractivity contribution is -0.142. The number of nitrogen functional groups attached to an aromatic ring is 1. The van der Waals surface area contributed by atoms with Gasteiger partial charge in [0.05, 0.1) is 11.4 Å². The summed E-state index contributed by atoms with van der Waals surface area (Å²) in [5, 5.41) is 5.72. The number of benzene rings is 2. The number of carbonyl (C=O) groups excluding carboxylic acids is 1. The molecule has 3 heterocycles. The Labute approximate surface area is 211 Å². The third-order valence-electron chi connectivity index (χ3n) is 7.12. The monoisotopic (exact) mass is 484 g/mol. The normalized spacial score (nSPS) is 16.3. The molecule has 0 bridgehead atoms. The van der Waals surface area contributed by atoms with Gasteiger partial charge in [-0.05, 0) is 55.7 Å². The number of nitrogens with two attached hydrogens (primary N) is 1. The lowest BCUT2D eigenvalue weighted by Crippen LogP contribution is -2.46. The summed E-state index contributed by atoms with van der Waals surface area (Å²) in [5.41, 5.74) is 8.27. The Morgan fingerprint density at radius 2 is 1.81 bits per heavy atom. The molecule has 1 amide bonds. The Morgan fingerprint density at radius 1 is 1.08 bits per heavy atom. The second-order valence-corrected chi connectivity index (χ2v) is 9.97. The minimum Gasteiger partial charge on any atom is -0.457 e. The lowest BCUT2D eigenvalue weighted by Gasteiger charge is -2.37. The summed E-state index contributed by atoms with van der Waals surface area (Å²) in [6, 6.07) is 17.5. The highest BCUT2D eigenvalue weighted by Gasteiger charge is 2.34. The van der Waals surface area contributed by atoms with Crippen LogP contribution in [0.25, 0.3) is 22.3 Å². The molecule has 0 spiro atoms. The molecule has 0 radical (unpaired) electrons. The number of para-hydroxylation sites is 1. The van der Waals surface area contributed by atoms with Gasteiger partial charge in [-0.25, -0.2) is 14.6 Å². The standard InChI is InChI=1S/C28H32N6O2/c1-4-28(2,3)27(35)33-16-8-9-20(17-33)34-26-23(25(29)30-18-31-26)24(32-34)19-12-14-22(15-13-19)36-21-10-6-5-7-11-21/h5-7,10-15,18,20H,4,8-9,16-17H2,1-3H3,(H2,29,30,31)/t20-/m1/s1. The zero-order chi connectivity index (χ0) is 25.3. The largest absolute Gasteiger partial charge is 0.457 e. The first-order valence-corrected chi connectivity index (χ1v) is 12.5. The van der Waals surface area contributed by atoms with Crippen molar-refractivity contribution in [2.24, 2.45) is 5.41 Å². The number of piperidine rings is 1. The zero-order valence-corrected chi connectivity index (χ0v) is 21.0. The van der Waals surface area contributed by atoms with Crippen LogP contribution in [0.2, 0.25) is 0 Å². The Morgan fingerprint density at radius 3 is 2.53 bits per heavy atom. The Hall–Kier alpha value is -3.94. The van der Waals surface area contributed by atoms with E-state index < -0.39 is 0 Å². The summed E-state index contributed by atoms with van der Waals surface area (Å²) in [4.78, 5) is 23.9. The number of fused-ring (bicyclic) bond motifs is 1. The van der Waals surface area contributed by atoms with E-state index in [0.717, 1.165) is 53.9 Å². The van der Waals surface area contributed by atoms with E-state index in [2.05, 4.69) is 16.9 Å². The van der Waals surface area contributed by atoms with Crippen LogP contribution in [0, 0.1) is 5.41 Å². The van der Waals surface area contributed by atoms with Crippen molar-refractivity contribution in [1.82, 2.24) is 24.6 Å². The van der Waals surface area contributed by atoms with Crippen molar-refractivity contribution in [3.05, 3.63) is 60.9 Å². The maximum atomic E-state index is 13.2. The number of hydrogen-bond donors (Lipinski definition) is 1. The topological polar surface area (TPSA) is 99.2 Å². The van der Waals surface area contributed by atoms with Crippen LogP contribution in [0.4, 0.5) is 5.82 Å². The number of likely N-dealkylation sites (tertiary alicyclic amines) is 1. The van der Waals surface area contributed by atoms with Crippen molar-refractivity contribution in [1.29, 1.82) is 0 Å². The van der Waals surface area contributed by atoms with Gasteiger partial charge in [0, 0.05) is 24.1 Å². The van der Waals surface area contributed by atoms with Crippen molar-refractivity contribution in [3.8, 4) is 22.8 Å². The van der Waals surface area contributed by atoms with Gasteiger partial charge >= 0.3 is 0 Å². The van der Waals surface area contributed by atoms with Crippen LogP contribution in [-0.4, -0.2) is 43.6 Å². The maximum Gasteiger partial charge on any atom is 0.228 e. The van der Waals surface area contributed by atoms with E-state index in [1.54, 1.807) is 0 Å². The third-order valence-corrected chi connectivity index (χ3v) is 7.12. The summed E-state index contributed by atoms with van der Waals surface area (Å²) in [5.74, 6) is 2.09. The van der Waals surface area contributed by atoms with Crippen LogP contribution in [0.1, 0.15) is 46.1 Å². The number of carbonyl (C=O) groups is 1. The van der Waals surface area contributed by atoms with Gasteiger partial charge in [-0.15, -0.1) is 0 Å². The molecule has 2 aromatic heterocycles. The highest BCUT2D eigenvalue weighted by Crippen LogP contribution is 2.35. The molecule has 1 fully saturated rings. The van der Waals surface area contributed by atoms with Crippen LogP contribution in [0.15, 0.2) is 60.9 Å². The number of aromatic nitrogens is 4. The first-order valence-electron chi connectivity index (χ1n) is 12.5. The molecule has 0 saturated carbocycles. The summed E-state index contributed by atoms with van der Waals surface area (Å²) < 4.78 is 7.88. The van der Waals surface area contributed by atoms with Crippen LogP contribution in [-0.2, 0) is 4.79 Å². The number of hydrogen-bond acceptors (Lipinski definition) is 6. The van der Waals surface area contributed by atoms with E-state index in [1.165, 1.54) is 6.33 Å². The van der Waals surface area contributed by atoms with Crippen molar-refractivity contribution in [3.63, 3.8) is 0 Å². The van der Waals surface area contributed by atoms with E-state index in [0.29, 0.717) is 18.0 Å². The molecule has 8 nitrogen and oxygen atoms in total. The second-order valence-electron chi connectivity index (χ2n) is 9.97. The number of anilines is 1. The van der Waals surface area contributed by atoms with Crippen molar-refractivity contribution in [2.75, 3.05) is 18.8 Å². The fourth-order valence-corrected chi connectivity index (χ4v) is 4.68. The van der Waals surface area contributed by atoms with E-state index in [1.807, 2.05) is 78.0 Å². The van der Waals surface area contributed by atoms with Gasteiger partial charge in [0.25, 0.3) is 0 Å². The fourth-order valence-electron chi connectivity index (χ4n) is 4.68. The van der Waals surface area contributed by atoms with Gasteiger partial charge in [0.2, 0.25) is 5.91 Å². The number of rotatable bonds is 6. The maximum absolute atomic E-state index is 13.2. The van der Waals surface area contributed by atoms with Gasteiger partial charge in [-0.2, -0.15) is 5.10 Å². The van der Waals surface area contributed by atoms with Crippen LogP contribution in [0.3, 0.4) is 0 Å². The molecule has 1 aliphatic heterocycles. The minimum atomic E-state index is -0.380. The predicted molar refractivity (Wildman–Crippen MR) is 141 cm³/mol. The molecule has 2 aromatic carbocycles. The van der Waals surface area contributed by atoms with Crippen LogP contribution < -0.4 is 10.5 Å². The van der Waals surface area contributed by atoms with E-state index in [9.17, 15) is 4.79 Å². The molecular weight excluding hydrogens is 452 g/mol. The molecule has 2 N–H and O–H groups in total. The lowest BCUT2D eigenvalue weighted by atomic mass is 9.87. The Balaban J connectivity index is 1.47. The number of amides is 1. The van der Waals surface area contributed by atoms with Gasteiger partial charge in [0.15, 0.2) is 5.65 Å². The first kappa shape index (κ1) is 23.8. The van der Waals surface area contributed by atoms with Crippen LogP contribution >= 0.6 is 0 Å². The molecule has 1 saturated heterocycles. The Kier molecular flexibility index (Phi) is 6.35. The van der Waals surface area contributed by atoms with Crippen LogP contribution in [0.5, 0.6) is 11.5 Å². The Bertz CT molecular complexity index is 1360. The average molecular weight is 485 g/mol. The molecule has 8 heteroatoms. The third kappa shape index (κ3) is 4.51. The molecule has 4 aromatic rings. The summed E-state index contributed by atoms with van der Waals surface area (Å²) in [7, 11) is 0. The van der Waals surface area contributed by atoms with Gasteiger partial charge < -0.3 is 15.4 Å². The summed E-state index contributed by atoms with van der Waals surface area (Å²) in [6.45, 7) is 7.46. The van der Waals surface area contributed by atoms with E-state index in [-0.39, 0.29) is 17.4 Å². The highest BCUT2D eigenvalue weighted by atomic mass is 16.5. The van der Waals surface area contributed by atoms with Gasteiger partial charge in [-0.1, -0.05) is 39.0 Å². The molecule has 36 heavy (non-hydrogen) atoms. The molecule has 186 valence electrons. The average Bonchev–Trinajstić information content (AvgIpc) is 3.30. The molecule has 1 atom stereocenters. The van der Waals surface area contributed by atoms with E-state index >= 15 is 0 Å². The van der Waals surface area contributed by atoms with Crippen molar-refractivity contribution >= 4 is 22.8 Å². The summed E-state index contributed by atoms with van der Waals surface area (Å²) >= 11 is 0. The SMILES string of the molecule is CCC(C)(C)C(=O)N1CCC[C@@H](n2nc(-c3ccc(Oc4ccccc4)cc3)c3c(N)ncnc32)C1. The fraction of sp³-hybridized carbons (Fsp3) is 0.357. The number of nitrogens with zero attached hydrogens (tertiary/aromatic N) is 5. The van der Waals surface area contributed by atoms with Crippen molar-refractivity contribution < 1.29 is 9.53 Å². The predicted octanol–water partition coefficient (Wildman–Crippen LogP) is 5.47. The molecule has 5 rings (SSSR count). The molecular formula is C28H32N6O2.